The van der Waals surface area contributed by atoms with Gasteiger partial charge in [0.2, 0.25) is 0 Å². The van der Waals surface area contributed by atoms with Crippen molar-refractivity contribution in [1.29, 1.82) is 0 Å². The van der Waals surface area contributed by atoms with Gasteiger partial charge < -0.3 is 0 Å². The first-order valence-corrected chi connectivity index (χ1v) is 8.05. The van der Waals surface area contributed by atoms with Crippen LogP contribution in [-0.4, -0.2) is 26.4 Å². The molecule has 0 saturated heterocycles. The van der Waals surface area contributed by atoms with Crippen LogP contribution < -0.4 is 0 Å². The Bertz CT molecular complexity index is 786. The molecular formula is C19H22N4. The van der Waals surface area contributed by atoms with E-state index in [1.165, 1.54) is 5.56 Å². The Kier molecular flexibility index (Phi) is 4.63. The summed E-state index contributed by atoms with van der Waals surface area (Å²) in [4.78, 5) is 16.0. The van der Waals surface area contributed by atoms with Crippen molar-refractivity contribution in [2.45, 2.75) is 33.4 Å². The van der Waals surface area contributed by atoms with Gasteiger partial charge in [0, 0.05) is 29.5 Å². The third-order valence-electron chi connectivity index (χ3n) is 4.31. The second-order valence-electron chi connectivity index (χ2n) is 5.77. The summed E-state index contributed by atoms with van der Waals surface area (Å²) in [6, 6.07) is 12.6. The quantitative estimate of drug-likeness (QED) is 0.716. The van der Waals surface area contributed by atoms with Gasteiger partial charge >= 0.3 is 0 Å². The van der Waals surface area contributed by atoms with E-state index in [1.54, 1.807) is 0 Å². The highest BCUT2D eigenvalue weighted by Crippen LogP contribution is 2.21. The van der Waals surface area contributed by atoms with Crippen molar-refractivity contribution in [3.63, 3.8) is 0 Å². The molecule has 0 amide bonds. The molecule has 2 heterocycles. The lowest BCUT2D eigenvalue weighted by atomic mass is 10.1. The van der Waals surface area contributed by atoms with Gasteiger partial charge in [0.1, 0.15) is 5.82 Å². The number of aryl methyl sites for hydroxylation is 1. The van der Waals surface area contributed by atoms with Gasteiger partial charge in [-0.3, -0.25) is 9.88 Å². The van der Waals surface area contributed by atoms with Gasteiger partial charge in [-0.1, -0.05) is 31.2 Å². The van der Waals surface area contributed by atoms with Gasteiger partial charge in [-0.25, -0.2) is 9.97 Å². The summed E-state index contributed by atoms with van der Waals surface area (Å²) >= 11 is 0. The average Bonchev–Trinajstić information content (AvgIpc) is 2.60. The number of fused-ring (bicyclic) bond motifs is 1. The van der Waals surface area contributed by atoms with Crippen LogP contribution in [0.1, 0.15) is 37.0 Å². The second kappa shape index (κ2) is 6.84. The third-order valence-corrected chi connectivity index (χ3v) is 4.31. The van der Waals surface area contributed by atoms with Crippen molar-refractivity contribution in [2.24, 2.45) is 0 Å². The van der Waals surface area contributed by atoms with E-state index in [2.05, 4.69) is 35.9 Å². The number of pyridine rings is 1. The summed E-state index contributed by atoms with van der Waals surface area (Å²) in [7, 11) is 0. The van der Waals surface area contributed by atoms with Gasteiger partial charge in [0.15, 0.2) is 0 Å². The van der Waals surface area contributed by atoms with Gasteiger partial charge in [0.25, 0.3) is 0 Å². The molecule has 0 unspecified atom stereocenters. The summed E-state index contributed by atoms with van der Waals surface area (Å²) in [6.45, 7) is 8.09. The molecule has 1 atom stereocenters. The average molecular weight is 306 g/mol. The number of nitrogens with zero attached hydrogens (tertiary/aromatic N) is 4. The second-order valence-corrected chi connectivity index (χ2v) is 5.77. The smallest absolute Gasteiger partial charge is 0.143 e. The molecule has 4 heteroatoms. The molecule has 0 aliphatic carbocycles. The summed E-state index contributed by atoms with van der Waals surface area (Å²) in [5.41, 5.74) is 3.27. The van der Waals surface area contributed by atoms with E-state index in [0.717, 1.165) is 35.5 Å². The van der Waals surface area contributed by atoms with Crippen LogP contribution in [-0.2, 0) is 6.54 Å². The predicted molar refractivity (Wildman–Crippen MR) is 93.0 cm³/mol. The largest absolute Gasteiger partial charge is 0.289 e. The molecule has 0 bridgehead atoms. The van der Waals surface area contributed by atoms with Gasteiger partial charge in [-0.15, -0.1) is 0 Å². The minimum absolute atomic E-state index is 0.282. The molecule has 1 aromatic carbocycles. The van der Waals surface area contributed by atoms with E-state index in [4.69, 9.17) is 9.97 Å². The lowest BCUT2D eigenvalue weighted by Crippen LogP contribution is -2.27. The van der Waals surface area contributed by atoms with Crippen molar-refractivity contribution < 1.29 is 0 Å². The number of para-hydroxylation sites is 1. The number of hydrogen-bond acceptors (Lipinski definition) is 4. The van der Waals surface area contributed by atoms with Crippen LogP contribution >= 0.6 is 0 Å². The molecule has 0 aliphatic heterocycles. The normalized spacial score (nSPS) is 12.7. The number of rotatable bonds is 5. The van der Waals surface area contributed by atoms with Crippen molar-refractivity contribution >= 4 is 10.9 Å². The maximum atomic E-state index is 4.73. The Hall–Kier alpha value is -2.33. The molecule has 2 aromatic heterocycles. The zero-order valence-corrected chi connectivity index (χ0v) is 13.9. The van der Waals surface area contributed by atoms with Gasteiger partial charge in [-0.05, 0) is 38.1 Å². The van der Waals surface area contributed by atoms with Crippen LogP contribution in [0.3, 0.4) is 0 Å². The standard InChI is InChI=1S/C19H22N4/c1-4-23(15(3)16-8-7-11-20-12-16)13-19-21-14(2)17-9-5-6-10-18(17)22-19/h5-12,15H,4,13H2,1-3H3/t15-/m0/s1. The Morgan fingerprint density at radius 1 is 1.09 bits per heavy atom. The summed E-state index contributed by atoms with van der Waals surface area (Å²) in [6.07, 6.45) is 3.74. The fourth-order valence-electron chi connectivity index (χ4n) is 2.90. The molecule has 0 fully saturated rings. The molecule has 0 aliphatic rings. The minimum atomic E-state index is 0.282. The van der Waals surface area contributed by atoms with Gasteiger partial charge in [0.05, 0.1) is 12.1 Å². The van der Waals surface area contributed by atoms with Crippen LogP contribution in [0.15, 0.2) is 48.8 Å². The Labute approximate surface area is 137 Å². The lowest BCUT2D eigenvalue weighted by molar-refractivity contribution is 0.207. The molecule has 0 N–H and O–H groups in total. The Morgan fingerprint density at radius 2 is 1.91 bits per heavy atom. The van der Waals surface area contributed by atoms with Crippen LogP contribution in [0.4, 0.5) is 0 Å². The lowest BCUT2D eigenvalue weighted by Gasteiger charge is -2.27. The molecule has 3 aromatic rings. The van der Waals surface area contributed by atoms with Crippen molar-refractivity contribution in [2.75, 3.05) is 6.54 Å². The molecule has 0 saturated carbocycles. The fraction of sp³-hybridized carbons (Fsp3) is 0.316. The molecule has 0 radical (unpaired) electrons. The first kappa shape index (κ1) is 15.6. The predicted octanol–water partition coefficient (Wildman–Crippen LogP) is 3.92. The van der Waals surface area contributed by atoms with Crippen molar-refractivity contribution in [3.05, 3.63) is 65.9 Å². The highest BCUT2D eigenvalue weighted by Gasteiger charge is 2.16. The molecule has 118 valence electrons. The number of hydrogen-bond donors (Lipinski definition) is 0. The van der Waals surface area contributed by atoms with Crippen LogP contribution in [0.2, 0.25) is 0 Å². The van der Waals surface area contributed by atoms with E-state index in [1.807, 2.05) is 43.6 Å². The van der Waals surface area contributed by atoms with Crippen molar-refractivity contribution in [1.82, 2.24) is 19.9 Å². The fourth-order valence-corrected chi connectivity index (χ4v) is 2.90. The molecule has 3 rings (SSSR count). The maximum Gasteiger partial charge on any atom is 0.143 e. The van der Waals surface area contributed by atoms with E-state index >= 15 is 0 Å². The number of benzene rings is 1. The molecular weight excluding hydrogens is 284 g/mol. The van der Waals surface area contributed by atoms with Crippen LogP contribution in [0.25, 0.3) is 10.9 Å². The van der Waals surface area contributed by atoms with Crippen LogP contribution in [0, 0.1) is 6.92 Å². The SMILES string of the molecule is CCN(Cc1nc(C)c2ccccc2n1)[C@@H](C)c1cccnc1. The van der Waals surface area contributed by atoms with E-state index < -0.39 is 0 Å². The van der Waals surface area contributed by atoms with Gasteiger partial charge in [-0.2, -0.15) is 0 Å². The minimum Gasteiger partial charge on any atom is -0.289 e. The van der Waals surface area contributed by atoms with E-state index in [9.17, 15) is 0 Å². The highest BCUT2D eigenvalue weighted by atomic mass is 15.2. The molecule has 4 nitrogen and oxygen atoms in total. The maximum absolute atomic E-state index is 4.73. The topological polar surface area (TPSA) is 41.9 Å². The Balaban J connectivity index is 1.87. The highest BCUT2D eigenvalue weighted by molar-refractivity contribution is 5.80. The Morgan fingerprint density at radius 3 is 2.65 bits per heavy atom. The molecule has 0 spiro atoms. The number of aromatic nitrogens is 3. The zero-order valence-electron chi connectivity index (χ0n) is 13.9. The monoisotopic (exact) mass is 306 g/mol. The van der Waals surface area contributed by atoms with E-state index in [-0.39, 0.29) is 6.04 Å². The van der Waals surface area contributed by atoms with Crippen LogP contribution in [0.5, 0.6) is 0 Å². The first-order chi connectivity index (χ1) is 11.2. The first-order valence-electron chi connectivity index (χ1n) is 8.05. The zero-order chi connectivity index (χ0) is 16.2. The third kappa shape index (κ3) is 3.37. The summed E-state index contributed by atoms with van der Waals surface area (Å²) in [5.74, 6) is 0.874. The van der Waals surface area contributed by atoms with E-state index in [0.29, 0.717) is 0 Å². The summed E-state index contributed by atoms with van der Waals surface area (Å²) in [5, 5.41) is 1.12. The van der Waals surface area contributed by atoms with Crippen molar-refractivity contribution in [3.8, 4) is 0 Å². The summed E-state index contributed by atoms with van der Waals surface area (Å²) < 4.78 is 0. The molecule has 23 heavy (non-hydrogen) atoms.